The molecule has 0 fully saturated rings. The Morgan fingerprint density at radius 3 is 2.38 bits per heavy atom. The summed E-state index contributed by atoms with van der Waals surface area (Å²) in [6.07, 6.45) is 0. The third-order valence-electron chi connectivity index (χ3n) is 2.88. The molecule has 2 aromatic rings. The van der Waals surface area contributed by atoms with Crippen molar-refractivity contribution in [3.63, 3.8) is 0 Å². The molecule has 0 aliphatic rings. The van der Waals surface area contributed by atoms with Crippen molar-refractivity contribution in [1.29, 1.82) is 0 Å². The second-order valence-corrected chi connectivity index (χ2v) is 6.57. The number of benzene rings is 1. The van der Waals surface area contributed by atoms with E-state index in [9.17, 15) is 14.7 Å². The molecule has 0 aliphatic carbocycles. The summed E-state index contributed by atoms with van der Waals surface area (Å²) in [5, 5.41) is 11.8. The van der Waals surface area contributed by atoms with Gasteiger partial charge in [-0.25, -0.2) is 0 Å². The molecule has 0 aliphatic heterocycles. The largest absolute Gasteiger partial charge is 0.545 e. The van der Waals surface area contributed by atoms with Crippen LogP contribution in [0.25, 0.3) is 11.0 Å². The Hall–Kier alpha value is -1.82. The van der Waals surface area contributed by atoms with Gasteiger partial charge in [0.2, 0.25) is 0 Å². The first-order valence-corrected chi connectivity index (χ1v) is 7.07. The fourth-order valence-corrected chi connectivity index (χ4v) is 2.47. The lowest BCUT2D eigenvalue weighted by molar-refractivity contribution is -0.255. The van der Waals surface area contributed by atoms with E-state index in [2.05, 4.69) is 15.9 Å². The van der Waals surface area contributed by atoms with Gasteiger partial charge in [0.1, 0.15) is 17.1 Å². The van der Waals surface area contributed by atoms with E-state index in [1.807, 2.05) is 20.8 Å². The molecule has 1 aromatic heterocycles. The number of hydrogen-bond acceptors (Lipinski definition) is 5. The number of hydrogen-bond donors (Lipinski definition) is 0. The molecule has 0 radical (unpaired) electrons. The van der Waals surface area contributed by atoms with Gasteiger partial charge in [0.05, 0.1) is 10.4 Å². The van der Waals surface area contributed by atoms with Crippen LogP contribution in [0.4, 0.5) is 0 Å². The van der Waals surface area contributed by atoms with Crippen LogP contribution in [0, 0.1) is 0 Å². The molecule has 0 spiro atoms. The summed E-state index contributed by atoms with van der Waals surface area (Å²) in [5.41, 5.74) is -0.122. The highest BCUT2D eigenvalue weighted by Crippen LogP contribution is 2.38. The van der Waals surface area contributed by atoms with E-state index >= 15 is 0 Å². The number of rotatable bonds is 2. The molecule has 0 bridgehead atoms. The minimum atomic E-state index is -1.32. The molecule has 0 saturated carbocycles. The minimum Gasteiger partial charge on any atom is -0.545 e. The van der Waals surface area contributed by atoms with E-state index in [4.69, 9.17) is 9.15 Å². The summed E-state index contributed by atoms with van der Waals surface area (Å²) in [7, 11) is 0. The number of ether oxygens (including phenoxy) is 1. The number of carboxylic acid groups (broad SMARTS) is 1. The average molecular weight is 354 g/mol. The van der Waals surface area contributed by atoms with Crippen LogP contribution in [0.1, 0.15) is 43.8 Å². The lowest BCUT2D eigenvalue weighted by atomic mass is 9.89. The molecule has 0 saturated heterocycles. The Labute approximate surface area is 130 Å². The van der Waals surface area contributed by atoms with Crippen LogP contribution in [-0.2, 0) is 10.2 Å². The van der Waals surface area contributed by atoms with Gasteiger partial charge in [-0.15, -0.1) is 0 Å². The van der Waals surface area contributed by atoms with Crippen molar-refractivity contribution in [2.75, 3.05) is 0 Å². The Balaban J connectivity index is 2.78. The SMILES string of the molecule is CC(=O)Oc1cc2c(C(=O)[O-])c(C(C)(C)C)oc2cc1Br. The number of aromatic carboxylic acids is 1. The lowest BCUT2D eigenvalue weighted by Gasteiger charge is -2.17. The van der Waals surface area contributed by atoms with Gasteiger partial charge < -0.3 is 19.1 Å². The monoisotopic (exact) mass is 353 g/mol. The predicted octanol–water partition coefficient (Wildman–Crippen LogP) is 2.78. The maximum Gasteiger partial charge on any atom is 0.308 e. The van der Waals surface area contributed by atoms with Crippen molar-refractivity contribution in [2.24, 2.45) is 0 Å². The zero-order valence-electron chi connectivity index (χ0n) is 12.1. The average Bonchev–Trinajstić information content (AvgIpc) is 2.67. The Bertz CT molecular complexity index is 737. The Morgan fingerprint density at radius 2 is 1.90 bits per heavy atom. The standard InChI is InChI=1S/C15H15BrO5/c1-7(17)20-11-5-8-10(6-9(11)16)21-13(15(2,3)4)12(8)14(18)19/h5-6H,1-4H3,(H,18,19)/p-1. The van der Waals surface area contributed by atoms with Gasteiger partial charge >= 0.3 is 5.97 Å². The molecule has 0 unspecified atom stereocenters. The zero-order valence-corrected chi connectivity index (χ0v) is 13.7. The maximum absolute atomic E-state index is 11.5. The minimum absolute atomic E-state index is 0.0154. The lowest BCUT2D eigenvalue weighted by Crippen LogP contribution is -2.26. The van der Waals surface area contributed by atoms with Crippen molar-refractivity contribution in [1.82, 2.24) is 0 Å². The normalized spacial score (nSPS) is 11.7. The summed E-state index contributed by atoms with van der Waals surface area (Å²) in [5.74, 6) is -1.26. The van der Waals surface area contributed by atoms with Crippen molar-refractivity contribution in [3.8, 4) is 5.75 Å². The Morgan fingerprint density at radius 1 is 1.29 bits per heavy atom. The van der Waals surface area contributed by atoms with Crippen LogP contribution in [-0.4, -0.2) is 11.9 Å². The van der Waals surface area contributed by atoms with Crippen molar-refractivity contribution in [2.45, 2.75) is 33.1 Å². The van der Waals surface area contributed by atoms with Crippen LogP contribution in [0.2, 0.25) is 0 Å². The van der Waals surface area contributed by atoms with Crippen molar-refractivity contribution in [3.05, 3.63) is 27.9 Å². The molecule has 2 rings (SSSR count). The van der Waals surface area contributed by atoms with E-state index < -0.39 is 17.4 Å². The number of furan rings is 1. The molecule has 0 N–H and O–H groups in total. The summed E-state index contributed by atoms with van der Waals surface area (Å²) in [6.45, 7) is 6.81. The highest BCUT2D eigenvalue weighted by Gasteiger charge is 2.26. The number of carboxylic acids is 1. The number of carbonyl (C=O) groups excluding carboxylic acids is 2. The first-order chi connectivity index (χ1) is 9.61. The molecule has 1 heterocycles. The van der Waals surface area contributed by atoms with E-state index in [1.165, 1.54) is 13.0 Å². The smallest absolute Gasteiger partial charge is 0.308 e. The van der Waals surface area contributed by atoms with Crippen LogP contribution < -0.4 is 9.84 Å². The van der Waals surface area contributed by atoms with Crippen LogP contribution >= 0.6 is 15.9 Å². The van der Waals surface area contributed by atoms with Gasteiger partial charge in [-0.3, -0.25) is 4.79 Å². The molecule has 21 heavy (non-hydrogen) atoms. The van der Waals surface area contributed by atoms with Gasteiger partial charge in [0, 0.05) is 23.3 Å². The first-order valence-electron chi connectivity index (χ1n) is 6.27. The van der Waals surface area contributed by atoms with E-state index in [1.54, 1.807) is 6.07 Å². The summed E-state index contributed by atoms with van der Waals surface area (Å²) in [6, 6.07) is 3.04. The summed E-state index contributed by atoms with van der Waals surface area (Å²) >= 11 is 3.27. The van der Waals surface area contributed by atoms with E-state index in [-0.39, 0.29) is 11.3 Å². The number of halogens is 1. The van der Waals surface area contributed by atoms with Crippen molar-refractivity contribution >= 4 is 38.8 Å². The van der Waals surface area contributed by atoms with Gasteiger partial charge in [-0.05, 0) is 28.1 Å². The fraction of sp³-hybridized carbons (Fsp3) is 0.333. The molecular weight excluding hydrogens is 340 g/mol. The topological polar surface area (TPSA) is 79.6 Å². The van der Waals surface area contributed by atoms with Crippen LogP contribution in [0.15, 0.2) is 21.0 Å². The van der Waals surface area contributed by atoms with E-state index in [0.717, 1.165) is 0 Å². The molecule has 0 amide bonds. The molecule has 112 valence electrons. The van der Waals surface area contributed by atoms with Gasteiger partial charge in [0.25, 0.3) is 0 Å². The molecule has 1 aromatic carbocycles. The summed E-state index contributed by atoms with van der Waals surface area (Å²) < 4.78 is 11.2. The highest BCUT2D eigenvalue weighted by molar-refractivity contribution is 9.10. The van der Waals surface area contributed by atoms with Crippen molar-refractivity contribution < 1.29 is 23.8 Å². The van der Waals surface area contributed by atoms with Crippen LogP contribution in [0.5, 0.6) is 5.75 Å². The second kappa shape index (κ2) is 5.18. The van der Waals surface area contributed by atoms with Gasteiger partial charge in [0.15, 0.2) is 0 Å². The highest BCUT2D eigenvalue weighted by atomic mass is 79.9. The number of esters is 1. The predicted molar refractivity (Wildman–Crippen MR) is 78.3 cm³/mol. The maximum atomic E-state index is 11.5. The quantitative estimate of drug-likeness (QED) is 0.612. The summed E-state index contributed by atoms with van der Waals surface area (Å²) in [4.78, 5) is 22.6. The number of carbonyl (C=O) groups is 2. The first kappa shape index (κ1) is 15.6. The Kier molecular flexibility index (Phi) is 3.84. The third kappa shape index (κ3) is 2.95. The fourth-order valence-electron chi connectivity index (χ4n) is 2.06. The molecule has 6 heteroatoms. The van der Waals surface area contributed by atoms with Gasteiger partial charge in [-0.1, -0.05) is 20.8 Å². The van der Waals surface area contributed by atoms with E-state index in [0.29, 0.717) is 21.2 Å². The number of fused-ring (bicyclic) bond motifs is 1. The van der Waals surface area contributed by atoms with Gasteiger partial charge in [-0.2, -0.15) is 0 Å². The third-order valence-corrected chi connectivity index (χ3v) is 3.50. The molecular formula is C15H14BrO5-. The second-order valence-electron chi connectivity index (χ2n) is 5.72. The zero-order chi connectivity index (χ0) is 15.9. The molecule has 0 atom stereocenters. The molecule has 5 nitrogen and oxygen atoms in total. The van der Waals surface area contributed by atoms with Crippen LogP contribution in [0.3, 0.4) is 0 Å².